The quantitative estimate of drug-likeness (QED) is 0.0652. The van der Waals surface area contributed by atoms with Crippen molar-refractivity contribution in [3.63, 3.8) is 0 Å². The van der Waals surface area contributed by atoms with E-state index in [4.69, 9.17) is 0 Å². The van der Waals surface area contributed by atoms with Gasteiger partial charge in [0.2, 0.25) is 0 Å². The summed E-state index contributed by atoms with van der Waals surface area (Å²) in [5.41, 5.74) is 0. The Bertz CT molecular complexity index is 2220. The summed E-state index contributed by atoms with van der Waals surface area (Å²) in [5.74, 6) is 0. The molecule has 49 heavy (non-hydrogen) atoms. The first-order valence-electron chi connectivity index (χ1n) is 18.1. The molecule has 7 heteroatoms. The van der Waals surface area contributed by atoms with Crippen LogP contribution >= 0.6 is 28.3 Å². The van der Waals surface area contributed by atoms with Crippen molar-refractivity contribution in [1.29, 1.82) is 0 Å². The maximum atomic E-state index is 3.99. The van der Waals surface area contributed by atoms with Crippen molar-refractivity contribution in [1.82, 2.24) is 4.90 Å². The number of halogens is 1. The molecule has 10 fully saturated rings. The molecule has 0 bridgehead atoms. The Morgan fingerprint density at radius 1 is 0.592 bits per heavy atom. The predicted molar refractivity (Wildman–Crippen MR) is 209 cm³/mol. The van der Waals surface area contributed by atoms with E-state index in [0.717, 1.165) is 34.2 Å². The molecule has 10 heterocycles. The van der Waals surface area contributed by atoms with Gasteiger partial charge in [0.25, 0.3) is 0 Å². The molecular formula is C42H46ClFeN3P2. The standard InChI is InChI=1S/2C17H14P.C8H17N3.ClH.Fe/c2*1-3-9-15(10-4-1)18(17-13-7-8-14-17)16-11-5-2-6-12-16;1-4-9-8-10-6-5-7-11(2)3;;/h2*1-14H;4-7H2,1-3H3;1H;. The van der Waals surface area contributed by atoms with Gasteiger partial charge in [0.05, 0.1) is 12.6 Å². The van der Waals surface area contributed by atoms with Crippen LogP contribution in [0.5, 0.6) is 0 Å². The molecule has 4 aromatic carbocycles. The van der Waals surface area contributed by atoms with E-state index < -0.39 is 6.51 Å². The van der Waals surface area contributed by atoms with Crippen LogP contribution in [0.4, 0.5) is 0 Å². The molecule has 10 saturated heterocycles. The number of nitrogens with zero attached hydrogens (tertiary/aromatic N) is 3. The van der Waals surface area contributed by atoms with E-state index in [0.29, 0.717) is 0 Å². The summed E-state index contributed by atoms with van der Waals surface area (Å²) >= 11 is 0. The zero-order chi connectivity index (χ0) is 32.1. The summed E-state index contributed by atoms with van der Waals surface area (Å²) in [7, 11) is 3.61. The van der Waals surface area contributed by atoms with Crippen LogP contribution in [0.25, 0.3) is 0 Å². The first-order valence-corrected chi connectivity index (χ1v) is 27.0. The van der Waals surface area contributed by atoms with Crippen molar-refractivity contribution < 1.29 is 6.51 Å². The van der Waals surface area contributed by atoms with E-state index in [1.54, 1.807) is 21.2 Å². The molecule has 0 aliphatic carbocycles. The third-order valence-electron chi connectivity index (χ3n) is 20.6. The van der Waals surface area contributed by atoms with E-state index in [1.807, 2.05) is 6.92 Å². The molecule has 254 valence electrons. The second-order valence-corrected chi connectivity index (χ2v) is 47.2. The van der Waals surface area contributed by atoms with Crippen molar-refractivity contribution in [2.24, 2.45) is 9.98 Å². The molecule has 0 saturated carbocycles. The molecule has 4 aromatic rings. The fourth-order valence-corrected chi connectivity index (χ4v) is 126. The van der Waals surface area contributed by atoms with Gasteiger partial charge in [-0.1, -0.05) is 0 Å². The van der Waals surface area contributed by atoms with Crippen LogP contribution in [0.1, 0.15) is 13.3 Å². The Balaban J connectivity index is 0.000000204. The van der Waals surface area contributed by atoms with Gasteiger partial charge in [-0.15, -0.1) is 12.4 Å². The predicted octanol–water partition coefficient (Wildman–Crippen LogP) is 9.01. The number of benzene rings is 4. The van der Waals surface area contributed by atoms with Crippen LogP contribution in [0.3, 0.4) is 0 Å². The summed E-state index contributed by atoms with van der Waals surface area (Å²) in [5, 5.41) is 6.87. The molecule has 10 aliphatic rings. The van der Waals surface area contributed by atoms with E-state index in [1.165, 1.54) is 38.5 Å². The van der Waals surface area contributed by atoms with Crippen molar-refractivity contribution in [2.45, 2.75) is 60.0 Å². The molecule has 14 rings (SSSR count). The van der Waals surface area contributed by atoms with Crippen LogP contribution < -0.4 is 21.2 Å². The Labute approximate surface area is 290 Å². The molecular weight excluding hydrogens is 700 g/mol. The third kappa shape index (κ3) is 1.04. The second-order valence-electron chi connectivity index (χ2n) is 18.3. The van der Waals surface area contributed by atoms with E-state index in [-0.39, 0.29) is 28.3 Å². The van der Waals surface area contributed by atoms with Gasteiger partial charge >= 0.3 is 212 Å². The van der Waals surface area contributed by atoms with Crippen molar-refractivity contribution >= 4 is 55.5 Å². The van der Waals surface area contributed by atoms with Crippen molar-refractivity contribution in [3.8, 4) is 0 Å². The van der Waals surface area contributed by atoms with Gasteiger partial charge in [-0.2, -0.15) is 0 Å². The zero-order valence-corrected chi connectivity index (χ0v) is 32.2. The Morgan fingerprint density at radius 3 is 1.22 bits per heavy atom. The van der Waals surface area contributed by atoms with Gasteiger partial charge in [-0.05, 0) is 34.0 Å². The number of aliphatic imine (C=N–C) groups is 2. The molecule has 1 spiro atoms. The average Bonchev–Trinajstić information content (AvgIpc) is 4.08. The number of fused-ring (bicyclic) bond motifs is 10. The van der Waals surface area contributed by atoms with Gasteiger partial charge in [0, 0.05) is 6.54 Å². The van der Waals surface area contributed by atoms with Gasteiger partial charge in [-0.3, -0.25) is 0 Å². The third-order valence-corrected chi connectivity index (χ3v) is 77.2. The molecule has 8 atom stereocenters. The summed E-state index contributed by atoms with van der Waals surface area (Å²) in [4.78, 5) is 20.1. The first-order chi connectivity index (χ1) is 23.4. The summed E-state index contributed by atoms with van der Waals surface area (Å²) in [6.07, 6.45) is 1.08. The van der Waals surface area contributed by atoms with Gasteiger partial charge in [-0.25, -0.2) is 9.98 Å². The number of rotatable bonds is 11. The van der Waals surface area contributed by atoms with E-state index >= 15 is 0 Å². The van der Waals surface area contributed by atoms with E-state index in [2.05, 4.69) is 156 Å². The normalized spacial score (nSPS) is 49.8. The van der Waals surface area contributed by atoms with Crippen LogP contribution in [-0.4, -0.2) is 52.7 Å². The minimum atomic E-state index is -3.82. The van der Waals surface area contributed by atoms with Gasteiger partial charge < -0.3 is 4.90 Å². The molecule has 0 aromatic heterocycles. The topological polar surface area (TPSA) is 28.0 Å². The SMILES string of the molecule is CCN=C=NCCCN(C)C.Cl.c1ccc(P(c2ccccc2)[C]23[CH]4[CH]5[CH]6[CH]2[Fe]56432789[CH]3[CH]2[CH]7[C]8(P(c2ccccc2)c2ccccc2)[CH]39)cc1. The van der Waals surface area contributed by atoms with Gasteiger partial charge in [0.1, 0.15) is 0 Å². The molecule has 0 N–H and O–H groups in total. The Hall–Kier alpha value is -2.11. The fraction of sp³-hybridized carbons (Fsp3) is 0.405. The summed E-state index contributed by atoms with van der Waals surface area (Å²) in [6, 6.07) is 50.6. The van der Waals surface area contributed by atoms with Crippen LogP contribution in [-0.2, 0) is 6.51 Å². The van der Waals surface area contributed by atoms with Crippen molar-refractivity contribution in [2.75, 3.05) is 33.7 Å². The molecule has 0 amide bonds. The number of hydrogen-bond donors (Lipinski definition) is 0. The molecule has 8 unspecified atom stereocenters. The van der Waals surface area contributed by atoms with Crippen LogP contribution in [0, 0.1) is 0 Å². The maximum absolute atomic E-state index is 3.99. The molecule has 0 radical (unpaired) electrons. The second kappa shape index (κ2) is 5.74. The van der Waals surface area contributed by atoms with Gasteiger partial charge in [0.15, 0.2) is 0 Å². The first kappa shape index (κ1) is 29.5. The number of hydrogen-bond acceptors (Lipinski definition) is 3. The average molecular weight is 746 g/mol. The summed E-state index contributed by atoms with van der Waals surface area (Å²) < 4.78 is 1.60. The monoisotopic (exact) mass is 745 g/mol. The van der Waals surface area contributed by atoms with Crippen LogP contribution in [0.2, 0.25) is 38.5 Å². The van der Waals surface area contributed by atoms with Crippen LogP contribution in [0.15, 0.2) is 131 Å². The Morgan fingerprint density at radius 2 is 0.939 bits per heavy atom. The van der Waals surface area contributed by atoms with E-state index in [9.17, 15) is 0 Å². The minimum absolute atomic E-state index is 0. The fourth-order valence-electron chi connectivity index (χ4n) is 21.5. The summed E-state index contributed by atoms with van der Waals surface area (Å²) in [6.45, 7) is 0.849. The molecule has 3 nitrogen and oxygen atoms in total. The van der Waals surface area contributed by atoms with Crippen molar-refractivity contribution in [3.05, 3.63) is 121 Å². The Kier molecular flexibility index (Phi) is 3.45. The zero-order valence-electron chi connectivity index (χ0n) is 28.5. The molecule has 10 aliphatic heterocycles.